The molecule has 0 aliphatic heterocycles. The maximum Gasteiger partial charge on any atom is 0.380 e. The lowest BCUT2D eigenvalue weighted by Gasteiger charge is -2.05. The molecule has 0 bridgehead atoms. The Bertz CT molecular complexity index is 844. The molecule has 0 radical (unpaired) electrons. The molecule has 2 rings (SSSR count). The second kappa shape index (κ2) is 7.71. The number of benzene rings is 2. The van der Waals surface area contributed by atoms with Crippen molar-refractivity contribution in [1.29, 1.82) is 0 Å². The van der Waals surface area contributed by atoms with Gasteiger partial charge in [-0.05, 0) is 23.8 Å². The fraction of sp³-hybridized carbons (Fsp3) is 0.125. The van der Waals surface area contributed by atoms with E-state index in [0.29, 0.717) is 5.56 Å². The summed E-state index contributed by atoms with van der Waals surface area (Å²) in [7, 11) is -0.476. The number of nitrogens with two attached hydrogens (primary N) is 1. The number of nitrogens with zero attached hydrogens (tertiary/aromatic N) is 3. The van der Waals surface area contributed by atoms with Crippen molar-refractivity contribution in [3.63, 3.8) is 0 Å². The first-order valence-corrected chi connectivity index (χ1v) is 8.49. The summed E-state index contributed by atoms with van der Waals surface area (Å²) in [6, 6.07) is 14.1. The van der Waals surface area contributed by atoms with E-state index < -0.39 is 10.3 Å². The van der Waals surface area contributed by atoms with Crippen LogP contribution in [0.3, 0.4) is 0 Å². The molecule has 0 heterocycles. The van der Waals surface area contributed by atoms with E-state index >= 15 is 0 Å². The molecule has 2 N–H and O–H groups in total. The predicted molar refractivity (Wildman–Crippen MR) is 93.8 cm³/mol. The summed E-state index contributed by atoms with van der Waals surface area (Å²) >= 11 is 0. The lowest BCUT2D eigenvalue weighted by atomic mass is 10.1. The minimum atomic E-state index is -4.06. The average Bonchev–Trinajstić information content (AvgIpc) is 2.51. The van der Waals surface area contributed by atoms with Gasteiger partial charge in [-0.2, -0.15) is 13.6 Å². The monoisotopic (exact) mass is 346 g/mol. The highest BCUT2D eigenvalue weighted by Crippen LogP contribution is 2.22. The maximum atomic E-state index is 11.1. The zero-order valence-electron chi connectivity index (χ0n) is 13.3. The Kier molecular flexibility index (Phi) is 5.67. The predicted octanol–water partition coefficient (Wildman–Crippen LogP) is 3.00. The Morgan fingerprint density at radius 1 is 1.04 bits per heavy atom. The van der Waals surface area contributed by atoms with E-state index in [1.807, 2.05) is 30.3 Å². The van der Waals surface area contributed by atoms with E-state index in [1.54, 1.807) is 43.4 Å². The molecular formula is C16H18N4O3S. The molecule has 8 heteroatoms. The molecule has 2 aromatic rings. The van der Waals surface area contributed by atoms with Crippen LogP contribution < -0.4 is 9.32 Å². The lowest BCUT2D eigenvalue weighted by molar-refractivity contribution is 0.408. The summed E-state index contributed by atoms with van der Waals surface area (Å²) in [6.07, 6.45) is 3.58. The Labute approximate surface area is 141 Å². The summed E-state index contributed by atoms with van der Waals surface area (Å²) in [4.78, 5) is 0. The molecule has 0 fully saturated rings. The van der Waals surface area contributed by atoms with Crippen LogP contribution in [0.15, 0.2) is 58.9 Å². The van der Waals surface area contributed by atoms with E-state index in [-0.39, 0.29) is 5.75 Å². The molecule has 0 amide bonds. The van der Waals surface area contributed by atoms with Gasteiger partial charge in [0.15, 0.2) is 5.75 Å². The molecule has 2 aromatic carbocycles. The zero-order chi connectivity index (χ0) is 17.6. The number of para-hydroxylation sites is 1. The van der Waals surface area contributed by atoms with E-state index in [2.05, 4.69) is 10.3 Å². The van der Waals surface area contributed by atoms with Crippen molar-refractivity contribution in [3.8, 4) is 5.75 Å². The van der Waals surface area contributed by atoms with E-state index in [4.69, 9.17) is 9.32 Å². The first kappa shape index (κ1) is 17.6. The van der Waals surface area contributed by atoms with Crippen molar-refractivity contribution in [2.24, 2.45) is 15.5 Å². The van der Waals surface area contributed by atoms with Crippen LogP contribution in [0.5, 0.6) is 5.75 Å². The maximum absolute atomic E-state index is 11.1. The lowest BCUT2D eigenvalue weighted by Crippen LogP contribution is -2.19. The van der Waals surface area contributed by atoms with Crippen LogP contribution in [-0.4, -0.2) is 27.5 Å². The van der Waals surface area contributed by atoms with Gasteiger partial charge >= 0.3 is 10.3 Å². The summed E-state index contributed by atoms with van der Waals surface area (Å²) in [6.45, 7) is 0. The third-order valence-corrected chi connectivity index (χ3v) is 3.22. The third kappa shape index (κ3) is 5.82. The second-order valence-corrected chi connectivity index (χ2v) is 6.23. The van der Waals surface area contributed by atoms with E-state index in [9.17, 15) is 8.42 Å². The summed E-state index contributed by atoms with van der Waals surface area (Å²) in [5, 5.41) is 14.5. The molecule has 0 spiro atoms. The fourth-order valence-electron chi connectivity index (χ4n) is 1.80. The first-order valence-electron chi connectivity index (χ1n) is 7.02. The van der Waals surface area contributed by atoms with Crippen LogP contribution in [0, 0.1) is 0 Å². The zero-order valence-corrected chi connectivity index (χ0v) is 14.1. The highest BCUT2D eigenvalue weighted by atomic mass is 32.2. The third-order valence-electron chi connectivity index (χ3n) is 2.81. The minimum Gasteiger partial charge on any atom is -0.370 e. The van der Waals surface area contributed by atoms with Crippen molar-refractivity contribution in [3.05, 3.63) is 59.7 Å². The minimum absolute atomic E-state index is 0.174. The van der Waals surface area contributed by atoms with Crippen LogP contribution >= 0.6 is 0 Å². The first-order chi connectivity index (χ1) is 11.3. The Hall–Kier alpha value is -2.71. The molecule has 0 unspecified atom stereocenters. The standard InChI is InChI=1S/C16H18N4O3S/c1-20(2)19-18-15-11-8-13(9-12-15)7-10-14-5-3-4-6-16(14)23-24(17,21)22/h3-12H,1-2H3,(H2,17,21,22)/b10-7+,19-18?. The van der Waals surface area contributed by atoms with Gasteiger partial charge in [0, 0.05) is 19.7 Å². The van der Waals surface area contributed by atoms with Gasteiger partial charge in [0.1, 0.15) is 0 Å². The van der Waals surface area contributed by atoms with Crippen LogP contribution in [0.4, 0.5) is 5.69 Å². The Morgan fingerprint density at radius 3 is 2.33 bits per heavy atom. The van der Waals surface area contributed by atoms with Crippen LogP contribution in [-0.2, 0) is 10.3 Å². The topological polar surface area (TPSA) is 97.3 Å². The highest BCUT2D eigenvalue weighted by Gasteiger charge is 2.07. The molecule has 7 nitrogen and oxygen atoms in total. The van der Waals surface area contributed by atoms with Crippen molar-refractivity contribution in [1.82, 2.24) is 5.01 Å². The van der Waals surface area contributed by atoms with Crippen molar-refractivity contribution < 1.29 is 12.6 Å². The van der Waals surface area contributed by atoms with Crippen LogP contribution in [0.1, 0.15) is 11.1 Å². The van der Waals surface area contributed by atoms with Gasteiger partial charge in [-0.15, -0.1) is 5.11 Å². The molecule has 24 heavy (non-hydrogen) atoms. The van der Waals surface area contributed by atoms with Crippen LogP contribution in [0.25, 0.3) is 12.2 Å². The summed E-state index contributed by atoms with van der Waals surface area (Å²) in [5.74, 6) is 0.174. The smallest absolute Gasteiger partial charge is 0.370 e. The van der Waals surface area contributed by atoms with E-state index in [0.717, 1.165) is 11.3 Å². The number of hydrogen-bond acceptors (Lipinski definition) is 5. The second-order valence-electron chi connectivity index (χ2n) is 5.08. The normalized spacial score (nSPS) is 12.0. The van der Waals surface area contributed by atoms with Gasteiger partial charge in [-0.25, -0.2) is 0 Å². The molecule has 0 atom stereocenters. The number of hydrogen-bond donors (Lipinski definition) is 1. The van der Waals surface area contributed by atoms with Crippen molar-refractivity contribution >= 4 is 28.1 Å². The quantitative estimate of drug-likeness (QED) is 0.494. The SMILES string of the molecule is CN(C)N=Nc1ccc(/C=C/c2ccccc2OS(N)(=O)=O)cc1. The van der Waals surface area contributed by atoms with E-state index in [1.165, 1.54) is 6.07 Å². The molecule has 0 saturated carbocycles. The average molecular weight is 346 g/mol. The molecule has 0 aliphatic carbocycles. The van der Waals surface area contributed by atoms with Gasteiger partial charge < -0.3 is 4.18 Å². The van der Waals surface area contributed by atoms with Gasteiger partial charge in [-0.3, -0.25) is 5.01 Å². The van der Waals surface area contributed by atoms with Gasteiger partial charge in [0.05, 0.1) is 5.69 Å². The largest absolute Gasteiger partial charge is 0.380 e. The molecule has 0 saturated heterocycles. The molecule has 0 aromatic heterocycles. The Balaban J connectivity index is 2.17. The summed E-state index contributed by atoms with van der Waals surface area (Å²) < 4.78 is 26.9. The van der Waals surface area contributed by atoms with Gasteiger partial charge in [0.25, 0.3) is 0 Å². The van der Waals surface area contributed by atoms with Crippen molar-refractivity contribution in [2.45, 2.75) is 0 Å². The van der Waals surface area contributed by atoms with Gasteiger partial charge in [-0.1, -0.05) is 47.7 Å². The van der Waals surface area contributed by atoms with Crippen molar-refractivity contribution in [2.75, 3.05) is 14.1 Å². The molecule has 0 aliphatic rings. The Morgan fingerprint density at radius 2 is 1.71 bits per heavy atom. The molecule has 126 valence electrons. The fourth-order valence-corrected chi connectivity index (χ4v) is 2.20. The summed E-state index contributed by atoms with van der Waals surface area (Å²) in [5.41, 5.74) is 2.26. The molecular weight excluding hydrogens is 328 g/mol. The number of rotatable bonds is 6. The van der Waals surface area contributed by atoms with Crippen LogP contribution in [0.2, 0.25) is 0 Å². The van der Waals surface area contributed by atoms with Gasteiger partial charge in [0.2, 0.25) is 0 Å². The highest BCUT2D eigenvalue weighted by molar-refractivity contribution is 7.84.